The number of likely N-dealkylation sites (N-methyl/N-ethyl adjacent to an activating group) is 1. The van der Waals surface area contributed by atoms with E-state index in [9.17, 15) is 0 Å². The molecule has 3 N–H and O–H groups in total. The molecule has 6 heteroatoms. The van der Waals surface area contributed by atoms with E-state index in [2.05, 4.69) is 87.0 Å². The maximum absolute atomic E-state index is 7.13. The van der Waals surface area contributed by atoms with Crippen molar-refractivity contribution in [2.75, 3.05) is 13.6 Å². The Morgan fingerprint density at radius 1 is 1.00 bits per heavy atom. The molecule has 2 aliphatic heterocycles. The van der Waals surface area contributed by atoms with Gasteiger partial charge in [0.2, 0.25) is 0 Å². The van der Waals surface area contributed by atoms with Crippen LogP contribution in [0.4, 0.5) is 0 Å². The van der Waals surface area contributed by atoms with Crippen LogP contribution in [0.15, 0.2) is 18.2 Å². The van der Waals surface area contributed by atoms with Gasteiger partial charge >= 0.3 is 0 Å². The molecule has 0 amide bonds. The van der Waals surface area contributed by atoms with Crippen molar-refractivity contribution >= 4 is 11.9 Å². The molecule has 1 aromatic carbocycles. The van der Waals surface area contributed by atoms with Crippen LogP contribution in [-0.2, 0) is 4.74 Å². The molecular formula is C30H52N4OS. The van der Waals surface area contributed by atoms with Crippen LogP contribution in [0.5, 0.6) is 0 Å². The van der Waals surface area contributed by atoms with Gasteiger partial charge in [-0.3, -0.25) is 10.6 Å². The first-order valence-corrected chi connectivity index (χ1v) is 15.4. The monoisotopic (exact) mass is 516 g/mol. The van der Waals surface area contributed by atoms with E-state index in [1.807, 2.05) is 11.9 Å². The van der Waals surface area contributed by atoms with Crippen molar-refractivity contribution in [3.05, 3.63) is 34.9 Å². The number of nitrogens with one attached hydrogen (secondary N) is 3. The summed E-state index contributed by atoms with van der Waals surface area (Å²) in [5.74, 6) is 2.04. The first-order valence-electron chi connectivity index (χ1n) is 14.5. The number of hydrogen-bond donors (Lipinski definition) is 3. The zero-order valence-electron chi connectivity index (χ0n) is 23.8. The molecule has 0 spiro atoms. The molecular weight excluding hydrogens is 464 g/mol. The number of nitrogens with zero attached hydrogens (tertiary/aromatic N) is 1. The molecule has 0 aromatic heterocycles. The largest absolute Gasteiger partial charge is 0.358 e. The topological polar surface area (TPSA) is 48.6 Å². The van der Waals surface area contributed by atoms with Gasteiger partial charge in [-0.15, -0.1) is 0 Å². The predicted molar refractivity (Wildman–Crippen MR) is 154 cm³/mol. The molecule has 7 atom stereocenters. The van der Waals surface area contributed by atoms with Crippen LogP contribution in [-0.4, -0.2) is 48.4 Å². The minimum atomic E-state index is 0.0142. The summed E-state index contributed by atoms with van der Waals surface area (Å²) in [6.07, 6.45) is 8.82. The summed E-state index contributed by atoms with van der Waals surface area (Å²) in [6, 6.07) is 7.39. The molecule has 1 aromatic rings. The van der Waals surface area contributed by atoms with Crippen LogP contribution in [0.1, 0.15) is 95.4 Å². The quantitative estimate of drug-likeness (QED) is 0.410. The maximum Gasteiger partial charge on any atom is 0.123 e. The van der Waals surface area contributed by atoms with Crippen molar-refractivity contribution in [3.8, 4) is 0 Å². The molecule has 2 saturated heterocycles. The molecule has 3 aliphatic rings. The third-order valence-electron chi connectivity index (χ3n) is 8.45. The lowest BCUT2D eigenvalue weighted by molar-refractivity contribution is -0.103. The number of fused-ring (bicyclic) bond motifs is 4. The van der Waals surface area contributed by atoms with Gasteiger partial charge in [0.1, 0.15) is 12.5 Å². The number of hydrogen-bond acceptors (Lipinski definition) is 6. The zero-order chi connectivity index (χ0) is 25.8. The average Bonchev–Trinajstić information content (AvgIpc) is 2.80. The number of aryl methyl sites for hydroxylation is 2. The van der Waals surface area contributed by atoms with Crippen molar-refractivity contribution in [3.63, 3.8) is 0 Å². The fourth-order valence-electron chi connectivity index (χ4n) is 6.83. The Hall–Kier alpha value is -0.630. The van der Waals surface area contributed by atoms with Crippen LogP contribution in [0.2, 0.25) is 0 Å². The number of ether oxygens (including phenoxy) is 1. The summed E-state index contributed by atoms with van der Waals surface area (Å²) in [5.41, 5.74) is 4.16. The van der Waals surface area contributed by atoms with E-state index in [1.165, 1.54) is 55.3 Å². The lowest BCUT2D eigenvalue weighted by atomic mass is 9.86. The molecule has 3 fully saturated rings. The SMILES string of the molecule is Cc1cccc(C)c1C1CC2NC(NSC3CCCC(C3)CN(C)[C@H](CC(C)C)[C@H](CC(C)C)O2)N1. The van der Waals surface area contributed by atoms with E-state index in [-0.39, 0.29) is 24.7 Å². The standard InChI is InChI=1S/C30H52N4OS/c1-19(2)14-26-27(15-20(3)4)35-28-17-25(29-21(5)10-8-11-22(29)6)31-30(32-28)33-36-24-13-9-12-23(16-24)18-34(26)7/h8,10-11,19-20,23-28,30-33H,9,12-18H2,1-7H3/t23?,24?,25?,26-,27+,28?,30?/m1/s1. The fraction of sp³-hybridized carbons (Fsp3) is 0.800. The fourth-order valence-corrected chi connectivity index (χ4v) is 7.94. The van der Waals surface area contributed by atoms with Gasteiger partial charge < -0.3 is 9.64 Å². The van der Waals surface area contributed by atoms with E-state index in [0.717, 1.165) is 18.8 Å². The Kier molecular flexibility index (Phi) is 10.2. The third kappa shape index (κ3) is 7.48. The minimum Gasteiger partial charge on any atom is -0.358 e. The summed E-state index contributed by atoms with van der Waals surface area (Å²) < 4.78 is 10.9. The summed E-state index contributed by atoms with van der Waals surface area (Å²) in [6.45, 7) is 15.1. The first-order chi connectivity index (χ1) is 17.2. The van der Waals surface area contributed by atoms with Crippen molar-refractivity contribution in [2.45, 2.75) is 122 Å². The van der Waals surface area contributed by atoms with Crippen LogP contribution in [0.3, 0.4) is 0 Å². The molecule has 36 heavy (non-hydrogen) atoms. The highest BCUT2D eigenvalue weighted by Crippen LogP contribution is 2.35. The summed E-state index contributed by atoms with van der Waals surface area (Å²) in [5, 5.41) is 8.39. The molecule has 4 rings (SSSR count). The Balaban J connectivity index is 1.66. The van der Waals surface area contributed by atoms with Gasteiger partial charge in [0, 0.05) is 30.3 Å². The zero-order valence-corrected chi connectivity index (χ0v) is 24.7. The third-order valence-corrected chi connectivity index (χ3v) is 9.58. The molecule has 0 radical (unpaired) electrons. The van der Waals surface area contributed by atoms with Crippen LogP contribution in [0.25, 0.3) is 0 Å². The Morgan fingerprint density at radius 3 is 2.42 bits per heavy atom. The minimum absolute atomic E-state index is 0.0142. The lowest BCUT2D eigenvalue weighted by Gasteiger charge is -2.43. The van der Waals surface area contributed by atoms with Gasteiger partial charge in [0.15, 0.2) is 0 Å². The van der Waals surface area contributed by atoms with Gasteiger partial charge in [-0.2, -0.15) is 0 Å². The van der Waals surface area contributed by atoms with E-state index in [4.69, 9.17) is 4.74 Å². The van der Waals surface area contributed by atoms with E-state index in [0.29, 0.717) is 23.1 Å². The van der Waals surface area contributed by atoms with Gasteiger partial charge in [-0.05, 0) is 87.4 Å². The highest BCUT2D eigenvalue weighted by Gasteiger charge is 2.37. The van der Waals surface area contributed by atoms with E-state index in [1.54, 1.807) is 0 Å². The molecule has 1 aliphatic carbocycles. The van der Waals surface area contributed by atoms with Crippen molar-refractivity contribution in [1.29, 1.82) is 0 Å². The van der Waals surface area contributed by atoms with Crippen LogP contribution in [0, 0.1) is 31.6 Å². The van der Waals surface area contributed by atoms with Crippen LogP contribution < -0.4 is 15.4 Å². The molecule has 5 nitrogen and oxygen atoms in total. The normalized spacial score (nSPS) is 34.8. The molecule has 204 valence electrons. The van der Waals surface area contributed by atoms with Gasteiger partial charge in [0.05, 0.1) is 6.10 Å². The Labute approximate surface area is 225 Å². The highest BCUT2D eigenvalue weighted by molar-refractivity contribution is 7.98. The van der Waals surface area contributed by atoms with Gasteiger partial charge in [-0.25, -0.2) is 4.72 Å². The molecule has 2 heterocycles. The summed E-state index contributed by atoms with van der Waals surface area (Å²) >= 11 is 1.95. The van der Waals surface area contributed by atoms with E-state index < -0.39 is 0 Å². The second kappa shape index (κ2) is 12.9. The summed E-state index contributed by atoms with van der Waals surface area (Å²) in [7, 11) is 2.37. The van der Waals surface area contributed by atoms with Gasteiger partial charge in [-0.1, -0.05) is 64.3 Å². The predicted octanol–water partition coefficient (Wildman–Crippen LogP) is 6.13. The second-order valence-corrected chi connectivity index (χ2v) is 13.8. The molecule has 4 bridgehead atoms. The average molecular weight is 517 g/mol. The van der Waals surface area contributed by atoms with Crippen molar-refractivity contribution < 1.29 is 4.74 Å². The van der Waals surface area contributed by atoms with Crippen molar-refractivity contribution in [1.82, 2.24) is 20.3 Å². The first kappa shape index (κ1) is 28.4. The molecule has 5 unspecified atom stereocenters. The smallest absolute Gasteiger partial charge is 0.123 e. The molecule has 1 saturated carbocycles. The summed E-state index contributed by atoms with van der Waals surface area (Å²) in [4.78, 5) is 2.68. The highest BCUT2D eigenvalue weighted by atomic mass is 32.2. The number of benzene rings is 1. The van der Waals surface area contributed by atoms with Gasteiger partial charge in [0.25, 0.3) is 0 Å². The van der Waals surface area contributed by atoms with Crippen LogP contribution >= 0.6 is 11.9 Å². The van der Waals surface area contributed by atoms with Crippen molar-refractivity contribution in [2.24, 2.45) is 17.8 Å². The maximum atomic E-state index is 7.13. The second-order valence-electron chi connectivity index (χ2n) is 12.7. The number of rotatable bonds is 5. The Bertz CT molecular complexity index is 813. The Morgan fingerprint density at radius 2 is 1.72 bits per heavy atom. The van der Waals surface area contributed by atoms with E-state index >= 15 is 0 Å². The lowest BCUT2D eigenvalue weighted by Crippen LogP contribution is -2.62.